The standard InChI is InChI=1S/C20H19ClN6OS/c1-27-18(11-10-17-23-15-4-2-3-5-16(15)24-17)25-26-20(27)29-12-19(28)22-14-8-6-13(21)7-9-14/h2-9H,10-12H2,1H3,(H,22,28)(H,23,24). The first kappa shape index (κ1) is 19.5. The number of nitrogens with zero attached hydrogens (tertiary/aromatic N) is 4. The highest BCUT2D eigenvalue weighted by Crippen LogP contribution is 2.18. The van der Waals surface area contributed by atoms with Crippen molar-refractivity contribution in [3.05, 3.63) is 65.2 Å². The number of H-pyrrole nitrogens is 1. The van der Waals surface area contributed by atoms with Crippen LogP contribution in [-0.2, 0) is 24.7 Å². The number of amides is 1. The highest BCUT2D eigenvalue weighted by Gasteiger charge is 2.12. The fraction of sp³-hybridized carbons (Fsp3) is 0.200. The van der Waals surface area contributed by atoms with Crippen LogP contribution < -0.4 is 5.32 Å². The minimum Gasteiger partial charge on any atom is -0.342 e. The monoisotopic (exact) mass is 426 g/mol. The van der Waals surface area contributed by atoms with Crippen LogP contribution in [-0.4, -0.2) is 36.4 Å². The molecule has 0 saturated carbocycles. The predicted molar refractivity (Wildman–Crippen MR) is 115 cm³/mol. The summed E-state index contributed by atoms with van der Waals surface area (Å²) in [5.41, 5.74) is 2.70. The molecule has 0 radical (unpaired) electrons. The van der Waals surface area contributed by atoms with Crippen LogP contribution in [0.4, 0.5) is 5.69 Å². The van der Waals surface area contributed by atoms with Crippen LogP contribution >= 0.6 is 23.4 Å². The zero-order valence-electron chi connectivity index (χ0n) is 15.7. The van der Waals surface area contributed by atoms with Crippen LogP contribution in [0.1, 0.15) is 11.6 Å². The summed E-state index contributed by atoms with van der Waals surface area (Å²) < 4.78 is 1.92. The zero-order chi connectivity index (χ0) is 20.2. The smallest absolute Gasteiger partial charge is 0.234 e. The molecule has 2 aromatic heterocycles. The van der Waals surface area contributed by atoms with Gasteiger partial charge in [0.25, 0.3) is 0 Å². The molecule has 29 heavy (non-hydrogen) atoms. The SMILES string of the molecule is Cn1c(CCc2nc3ccccc3[nH]2)nnc1SCC(=O)Nc1ccc(Cl)cc1. The Labute approximate surface area is 176 Å². The third-order valence-electron chi connectivity index (χ3n) is 4.41. The van der Waals surface area contributed by atoms with E-state index in [2.05, 4.69) is 25.5 Å². The van der Waals surface area contributed by atoms with E-state index in [-0.39, 0.29) is 11.7 Å². The molecule has 2 aromatic carbocycles. The second kappa shape index (κ2) is 8.67. The quantitative estimate of drug-likeness (QED) is 0.438. The van der Waals surface area contributed by atoms with Gasteiger partial charge in [0.2, 0.25) is 5.91 Å². The van der Waals surface area contributed by atoms with Crippen molar-refractivity contribution in [2.45, 2.75) is 18.0 Å². The van der Waals surface area contributed by atoms with Crippen LogP contribution in [0.15, 0.2) is 53.7 Å². The normalized spacial score (nSPS) is 11.1. The van der Waals surface area contributed by atoms with Gasteiger partial charge in [0.15, 0.2) is 5.16 Å². The molecule has 0 fully saturated rings. The van der Waals surface area contributed by atoms with E-state index in [1.165, 1.54) is 11.8 Å². The number of halogens is 1. The molecular weight excluding hydrogens is 408 g/mol. The summed E-state index contributed by atoms with van der Waals surface area (Å²) in [6, 6.07) is 15.0. The summed E-state index contributed by atoms with van der Waals surface area (Å²) in [6.07, 6.45) is 1.45. The molecule has 0 bridgehead atoms. The van der Waals surface area contributed by atoms with Crippen LogP contribution in [0.25, 0.3) is 11.0 Å². The molecule has 0 aliphatic heterocycles. The molecule has 9 heteroatoms. The van der Waals surface area contributed by atoms with Gasteiger partial charge < -0.3 is 14.9 Å². The number of carbonyl (C=O) groups is 1. The Bertz CT molecular complexity index is 1100. The van der Waals surface area contributed by atoms with Crippen molar-refractivity contribution in [1.82, 2.24) is 24.7 Å². The van der Waals surface area contributed by atoms with Crippen molar-refractivity contribution in [2.24, 2.45) is 7.05 Å². The maximum atomic E-state index is 12.1. The molecule has 148 valence electrons. The Morgan fingerprint density at radius 1 is 1.14 bits per heavy atom. The number of rotatable bonds is 7. The highest BCUT2D eigenvalue weighted by atomic mass is 35.5. The van der Waals surface area contributed by atoms with Gasteiger partial charge in [-0.2, -0.15) is 0 Å². The van der Waals surface area contributed by atoms with Gasteiger partial charge in [0.05, 0.1) is 16.8 Å². The zero-order valence-corrected chi connectivity index (χ0v) is 17.3. The molecule has 2 heterocycles. The summed E-state index contributed by atoms with van der Waals surface area (Å²) in [4.78, 5) is 20.1. The van der Waals surface area contributed by atoms with Crippen molar-refractivity contribution in [2.75, 3.05) is 11.1 Å². The van der Waals surface area contributed by atoms with Gasteiger partial charge in [0.1, 0.15) is 11.6 Å². The molecule has 0 atom stereocenters. The second-order valence-electron chi connectivity index (χ2n) is 6.50. The van der Waals surface area contributed by atoms with Gasteiger partial charge in [0, 0.05) is 30.6 Å². The first-order valence-corrected chi connectivity index (χ1v) is 10.4. The summed E-state index contributed by atoms with van der Waals surface area (Å²) >= 11 is 7.21. The van der Waals surface area contributed by atoms with Crippen molar-refractivity contribution < 1.29 is 4.79 Å². The molecule has 7 nitrogen and oxygen atoms in total. The average molecular weight is 427 g/mol. The molecule has 0 saturated heterocycles. The maximum Gasteiger partial charge on any atom is 0.234 e. The molecule has 0 spiro atoms. The number of hydrogen-bond acceptors (Lipinski definition) is 5. The third-order valence-corrected chi connectivity index (χ3v) is 5.68. The number of carbonyl (C=O) groups excluding carboxylic acids is 1. The molecule has 0 unspecified atom stereocenters. The van der Waals surface area contributed by atoms with Gasteiger partial charge in [-0.15, -0.1) is 10.2 Å². The maximum absolute atomic E-state index is 12.1. The summed E-state index contributed by atoms with van der Waals surface area (Å²) in [6.45, 7) is 0. The van der Waals surface area contributed by atoms with E-state index in [1.807, 2.05) is 35.9 Å². The number of fused-ring (bicyclic) bond motifs is 1. The van der Waals surface area contributed by atoms with E-state index in [1.54, 1.807) is 24.3 Å². The molecule has 0 aliphatic rings. The fourth-order valence-electron chi connectivity index (χ4n) is 2.90. The number of nitrogens with one attached hydrogen (secondary N) is 2. The first-order valence-electron chi connectivity index (χ1n) is 9.08. The number of hydrogen-bond donors (Lipinski definition) is 2. The van der Waals surface area contributed by atoms with Gasteiger partial charge in [-0.05, 0) is 36.4 Å². The molecular formula is C20H19ClN6OS. The van der Waals surface area contributed by atoms with E-state index in [0.717, 1.165) is 29.1 Å². The Balaban J connectivity index is 1.32. The van der Waals surface area contributed by atoms with Crippen LogP contribution in [0, 0.1) is 0 Å². The van der Waals surface area contributed by atoms with Crippen molar-refractivity contribution in [3.8, 4) is 0 Å². The van der Waals surface area contributed by atoms with Gasteiger partial charge in [-0.3, -0.25) is 4.79 Å². The summed E-state index contributed by atoms with van der Waals surface area (Å²) in [7, 11) is 1.91. The molecule has 4 rings (SSSR count). The van der Waals surface area contributed by atoms with E-state index < -0.39 is 0 Å². The second-order valence-corrected chi connectivity index (χ2v) is 7.88. The lowest BCUT2D eigenvalue weighted by molar-refractivity contribution is -0.113. The lowest BCUT2D eigenvalue weighted by atomic mass is 10.3. The topological polar surface area (TPSA) is 88.5 Å². The minimum absolute atomic E-state index is 0.107. The van der Waals surface area contributed by atoms with E-state index in [0.29, 0.717) is 22.3 Å². The largest absolute Gasteiger partial charge is 0.342 e. The van der Waals surface area contributed by atoms with Crippen molar-refractivity contribution in [1.29, 1.82) is 0 Å². The summed E-state index contributed by atoms with van der Waals surface area (Å²) in [5, 5.41) is 12.6. The Hall–Kier alpha value is -2.84. The number of anilines is 1. The number of para-hydroxylation sites is 2. The van der Waals surface area contributed by atoms with Gasteiger partial charge in [-0.25, -0.2) is 4.98 Å². The van der Waals surface area contributed by atoms with Crippen LogP contribution in [0.3, 0.4) is 0 Å². The lowest BCUT2D eigenvalue weighted by Gasteiger charge is -2.05. The van der Waals surface area contributed by atoms with Crippen LogP contribution in [0.5, 0.6) is 0 Å². The Morgan fingerprint density at radius 2 is 1.93 bits per heavy atom. The fourth-order valence-corrected chi connectivity index (χ4v) is 3.76. The highest BCUT2D eigenvalue weighted by molar-refractivity contribution is 7.99. The number of aryl methyl sites for hydroxylation is 2. The molecule has 2 N–H and O–H groups in total. The van der Waals surface area contributed by atoms with Crippen LogP contribution in [0.2, 0.25) is 5.02 Å². The summed E-state index contributed by atoms with van der Waals surface area (Å²) in [5.74, 6) is 1.92. The molecule has 0 aliphatic carbocycles. The Morgan fingerprint density at radius 3 is 2.72 bits per heavy atom. The third kappa shape index (κ3) is 4.78. The minimum atomic E-state index is -0.107. The number of thioether (sulfide) groups is 1. The van der Waals surface area contributed by atoms with E-state index >= 15 is 0 Å². The molecule has 4 aromatic rings. The number of imidazole rings is 1. The first-order chi connectivity index (χ1) is 14.1. The number of aromatic amines is 1. The number of aromatic nitrogens is 5. The average Bonchev–Trinajstić information content (AvgIpc) is 3.29. The van der Waals surface area contributed by atoms with Gasteiger partial charge >= 0.3 is 0 Å². The van der Waals surface area contributed by atoms with Gasteiger partial charge in [-0.1, -0.05) is 35.5 Å². The molecule has 1 amide bonds. The van der Waals surface area contributed by atoms with E-state index in [9.17, 15) is 4.79 Å². The van der Waals surface area contributed by atoms with Crippen molar-refractivity contribution in [3.63, 3.8) is 0 Å². The van der Waals surface area contributed by atoms with E-state index in [4.69, 9.17) is 11.6 Å². The van der Waals surface area contributed by atoms with Crippen molar-refractivity contribution >= 4 is 46.0 Å². The lowest BCUT2D eigenvalue weighted by Crippen LogP contribution is -2.14. The predicted octanol–water partition coefficient (Wildman–Crippen LogP) is 3.86. The number of benzene rings is 2. The Kier molecular flexibility index (Phi) is 5.82.